The van der Waals surface area contributed by atoms with Crippen LogP contribution in [-0.4, -0.2) is 73.0 Å². The van der Waals surface area contributed by atoms with Crippen molar-refractivity contribution < 1.29 is 0 Å². The molecule has 9 nitrogen and oxygen atoms in total. The van der Waals surface area contributed by atoms with Crippen LogP contribution in [0.3, 0.4) is 0 Å². The Kier molecular flexibility index (Phi) is 3.36. The zero-order valence-corrected chi connectivity index (χ0v) is 10.9. The molecule has 1 aliphatic heterocycles. The maximum atomic E-state index is 4.36. The van der Waals surface area contributed by atoms with Gasteiger partial charge < -0.3 is 4.90 Å². The molecule has 0 radical (unpaired) electrons. The zero-order chi connectivity index (χ0) is 13.1. The van der Waals surface area contributed by atoms with Gasteiger partial charge in [-0.15, -0.1) is 10.2 Å². The molecule has 3 rings (SSSR count). The molecule has 0 aromatic carbocycles. The van der Waals surface area contributed by atoms with E-state index in [4.69, 9.17) is 0 Å². The number of nitrogens with zero attached hydrogens (tertiary/aromatic N) is 8. The van der Waals surface area contributed by atoms with E-state index in [0.29, 0.717) is 0 Å². The topological polar surface area (TPSA) is 91.7 Å². The predicted octanol–water partition coefficient (Wildman–Crippen LogP) is -1.08. The molecule has 0 bridgehead atoms. The van der Waals surface area contributed by atoms with Crippen LogP contribution >= 0.6 is 0 Å². The lowest BCUT2D eigenvalue weighted by Gasteiger charge is -2.33. The largest absolute Gasteiger partial charge is 0.337 e. The fourth-order valence-corrected chi connectivity index (χ4v) is 2.17. The number of nitrogens with one attached hydrogen (secondary N) is 1. The Morgan fingerprint density at radius 3 is 2.68 bits per heavy atom. The molecule has 1 N–H and O–H groups in total. The lowest BCUT2D eigenvalue weighted by Crippen LogP contribution is -2.47. The van der Waals surface area contributed by atoms with Crippen molar-refractivity contribution in [1.29, 1.82) is 0 Å². The van der Waals surface area contributed by atoms with E-state index in [1.54, 1.807) is 11.0 Å². The summed E-state index contributed by atoms with van der Waals surface area (Å²) >= 11 is 0. The van der Waals surface area contributed by atoms with E-state index < -0.39 is 0 Å². The number of hydrogen-bond acceptors (Lipinski definition) is 7. The fraction of sp³-hybridized carbons (Fsp3) is 0.700. The third-order valence-electron chi connectivity index (χ3n) is 3.28. The second kappa shape index (κ2) is 5.31. The van der Waals surface area contributed by atoms with E-state index >= 15 is 0 Å². The number of anilines is 1. The number of aryl methyl sites for hydroxylation is 1. The van der Waals surface area contributed by atoms with E-state index in [-0.39, 0.29) is 0 Å². The molecular weight excluding hydrogens is 246 g/mol. The van der Waals surface area contributed by atoms with Gasteiger partial charge in [-0.05, 0) is 17.4 Å². The molecule has 2 aromatic heterocycles. The quantitative estimate of drug-likeness (QED) is 0.750. The van der Waals surface area contributed by atoms with Gasteiger partial charge in [0.05, 0.1) is 6.54 Å². The first-order chi connectivity index (χ1) is 9.31. The fourth-order valence-electron chi connectivity index (χ4n) is 2.17. The monoisotopic (exact) mass is 263 g/mol. The Labute approximate surface area is 110 Å². The van der Waals surface area contributed by atoms with Gasteiger partial charge in [0.15, 0.2) is 0 Å². The van der Waals surface area contributed by atoms with Crippen molar-refractivity contribution in [1.82, 2.24) is 40.3 Å². The SMILES string of the molecule is Cc1nc(N2CCN(CCn3cnnn3)CC2)n[nH]1. The van der Waals surface area contributed by atoms with Crippen LogP contribution in [0.5, 0.6) is 0 Å². The van der Waals surface area contributed by atoms with E-state index in [1.165, 1.54) is 0 Å². The molecule has 1 fully saturated rings. The van der Waals surface area contributed by atoms with Crippen molar-refractivity contribution in [2.45, 2.75) is 13.5 Å². The van der Waals surface area contributed by atoms with Crippen LogP contribution in [0.4, 0.5) is 5.95 Å². The number of H-pyrrole nitrogens is 1. The van der Waals surface area contributed by atoms with Gasteiger partial charge in [0.1, 0.15) is 12.2 Å². The van der Waals surface area contributed by atoms with Gasteiger partial charge in [-0.1, -0.05) is 0 Å². The minimum atomic E-state index is 0.803. The highest BCUT2D eigenvalue weighted by atomic mass is 15.5. The summed E-state index contributed by atoms with van der Waals surface area (Å²) in [6, 6.07) is 0. The molecule has 1 saturated heterocycles. The second-order valence-electron chi connectivity index (χ2n) is 4.62. The highest BCUT2D eigenvalue weighted by molar-refractivity contribution is 5.29. The van der Waals surface area contributed by atoms with Crippen molar-refractivity contribution in [2.75, 3.05) is 37.6 Å². The number of piperazine rings is 1. The minimum Gasteiger partial charge on any atom is -0.337 e. The van der Waals surface area contributed by atoms with Gasteiger partial charge in [0.2, 0.25) is 5.95 Å². The van der Waals surface area contributed by atoms with Gasteiger partial charge in [-0.2, -0.15) is 4.98 Å². The molecule has 19 heavy (non-hydrogen) atoms. The number of aromatic amines is 1. The number of rotatable bonds is 4. The first-order valence-electron chi connectivity index (χ1n) is 6.38. The lowest BCUT2D eigenvalue weighted by molar-refractivity contribution is 0.243. The van der Waals surface area contributed by atoms with E-state index in [0.717, 1.165) is 51.0 Å². The minimum absolute atomic E-state index is 0.803. The van der Waals surface area contributed by atoms with E-state index in [1.807, 2.05) is 6.92 Å². The van der Waals surface area contributed by atoms with Gasteiger partial charge in [0.25, 0.3) is 0 Å². The first-order valence-corrected chi connectivity index (χ1v) is 6.38. The average molecular weight is 263 g/mol. The van der Waals surface area contributed by atoms with Crippen molar-refractivity contribution in [3.05, 3.63) is 12.2 Å². The maximum absolute atomic E-state index is 4.36. The summed E-state index contributed by atoms with van der Waals surface area (Å²) in [6.07, 6.45) is 1.65. The molecule has 0 atom stereocenters. The molecule has 9 heteroatoms. The normalized spacial score (nSPS) is 17.0. The van der Waals surface area contributed by atoms with E-state index in [9.17, 15) is 0 Å². The molecule has 2 aromatic rings. The van der Waals surface area contributed by atoms with Crippen molar-refractivity contribution >= 4 is 5.95 Å². The second-order valence-corrected chi connectivity index (χ2v) is 4.62. The smallest absolute Gasteiger partial charge is 0.244 e. The first kappa shape index (κ1) is 12.0. The summed E-state index contributed by atoms with van der Waals surface area (Å²) < 4.78 is 1.75. The number of aromatic nitrogens is 7. The van der Waals surface area contributed by atoms with Crippen LogP contribution in [0, 0.1) is 6.92 Å². The van der Waals surface area contributed by atoms with Crippen LogP contribution in [0.1, 0.15) is 5.82 Å². The Morgan fingerprint density at radius 2 is 2.05 bits per heavy atom. The van der Waals surface area contributed by atoms with Crippen LogP contribution in [0.2, 0.25) is 0 Å². The molecule has 102 valence electrons. The lowest BCUT2D eigenvalue weighted by atomic mass is 10.3. The van der Waals surface area contributed by atoms with Gasteiger partial charge in [0, 0.05) is 32.7 Å². The van der Waals surface area contributed by atoms with Gasteiger partial charge in [-0.3, -0.25) is 10.00 Å². The highest BCUT2D eigenvalue weighted by Crippen LogP contribution is 2.10. The number of tetrazole rings is 1. The summed E-state index contributed by atoms with van der Waals surface area (Å²) in [5, 5.41) is 18.2. The molecule has 0 saturated carbocycles. The van der Waals surface area contributed by atoms with Crippen molar-refractivity contribution in [3.63, 3.8) is 0 Å². The van der Waals surface area contributed by atoms with Crippen molar-refractivity contribution in [3.8, 4) is 0 Å². The summed E-state index contributed by atoms with van der Waals surface area (Å²) in [7, 11) is 0. The Morgan fingerprint density at radius 1 is 1.21 bits per heavy atom. The molecule has 0 amide bonds. The Bertz CT molecular complexity index is 497. The molecule has 0 unspecified atom stereocenters. The standard InChI is InChI=1S/C10H17N9/c1-9-12-10(14-13-9)18-5-2-17(3-6-18)4-7-19-8-11-15-16-19/h8H,2-7H2,1H3,(H,12,13,14). The Balaban J connectivity index is 1.47. The summed E-state index contributed by atoms with van der Waals surface area (Å²) in [4.78, 5) is 8.96. The molecule has 1 aliphatic rings. The third kappa shape index (κ3) is 2.87. The molecular formula is C10H17N9. The van der Waals surface area contributed by atoms with Crippen LogP contribution < -0.4 is 4.90 Å². The molecule has 3 heterocycles. The highest BCUT2D eigenvalue weighted by Gasteiger charge is 2.19. The van der Waals surface area contributed by atoms with Gasteiger partial charge >= 0.3 is 0 Å². The van der Waals surface area contributed by atoms with Crippen LogP contribution in [0.15, 0.2) is 6.33 Å². The Hall–Kier alpha value is -2.03. The average Bonchev–Trinajstić information content (AvgIpc) is 3.08. The summed E-state index contributed by atoms with van der Waals surface area (Å²) in [5.74, 6) is 1.66. The van der Waals surface area contributed by atoms with E-state index in [2.05, 4.69) is 40.5 Å². The summed E-state index contributed by atoms with van der Waals surface area (Å²) in [6.45, 7) is 7.63. The van der Waals surface area contributed by atoms with Crippen molar-refractivity contribution in [2.24, 2.45) is 0 Å². The summed E-state index contributed by atoms with van der Waals surface area (Å²) in [5.41, 5.74) is 0. The predicted molar refractivity (Wildman–Crippen MR) is 67.6 cm³/mol. The maximum Gasteiger partial charge on any atom is 0.244 e. The van der Waals surface area contributed by atoms with Crippen LogP contribution in [0.25, 0.3) is 0 Å². The zero-order valence-electron chi connectivity index (χ0n) is 10.9. The van der Waals surface area contributed by atoms with Crippen LogP contribution in [-0.2, 0) is 6.54 Å². The van der Waals surface area contributed by atoms with Gasteiger partial charge in [-0.25, -0.2) is 4.68 Å². The number of hydrogen-bond donors (Lipinski definition) is 1. The third-order valence-corrected chi connectivity index (χ3v) is 3.28. The molecule has 0 spiro atoms. The molecule has 0 aliphatic carbocycles.